The van der Waals surface area contributed by atoms with E-state index in [1.54, 1.807) is 12.1 Å². The van der Waals surface area contributed by atoms with Gasteiger partial charge in [-0.25, -0.2) is 4.21 Å². The second-order valence-corrected chi connectivity index (χ2v) is 4.20. The maximum absolute atomic E-state index is 10.6. The van der Waals surface area contributed by atoms with Gasteiger partial charge in [0.15, 0.2) is 11.1 Å². The topological polar surface area (TPSA) is 80.4 Å². The monoisotopic (exact) mass is 205 g/mol. The Morgan fingerprint density at radius 2 is 2.33 bits per heavy atom. The van der Waals surface area contributed by atoms with Crippen molar-refractivity contribution in [3.05, 3.63) is 21.9 Å². The number of thiophene rings is 1. The standard InChI is InChI=1S/C6H7NO3S2/c7-6(8)5-2-1-4(11-5)3-12(9)10/h1-2H,3H2,(H2,7,8)(H,9,10). The van der Waals surface area contributed by atoms with E-state index in [1.165, 1.54) is 0 Å². The van der Waals surface area contributed by atoms with Gasteiger partial charge in [0.2, 0.25) is 0 Å². The molecule has 12 heavy (non-hydrogen) atoms. The molecule has 0 fully saturated rings. The van der Waals surface area contributed by atoms with Crippen molar-refractivity contribution in [1.29, 1.82) is 0 Å². The van der Waals surface area contributed by atoms with Crippen molar-refractivity contribution < 1.29 is 13.6 Å². The summed E-state index contributed by atoms with van der Waals surface area (Å²) < 4.78 is 18.9. The molecule has 0 saturated heterocycles. The van der Waals surface area contributed by atoms with Crippen molar-refractivity contribution in [3.8, 4) is 0 Å². The van der Waals surface area contributed by atoms with Gasteiger partial charge in [-0.2, -0.15) is 0 Å². The molecule has 0 aliphatic rings. The summed E-state index contributed by atoms with van der Waals surface area (Å²) in [5.74, 6) is -0.451. The molecule has 1 atom stereocenters. The van der Waals surface area contributed by atoms with Crippen molar-refractivity contribution in [2.75, 3.05) is 0 Å². The highest BCUT2D eigenvalue weighted by Crippen LogP contribution is 2.16. The molecule has 3 N–H and O–H groups in total. The Morgan fingerprint density at radius 1 is 1.67 bits per heavy atom. The highest BCUT2D eigenvalue weighted by atomic mass is 32.2. The number of primary amides is 1. The van der Waals surface area contributed by atoms with Crippen molar-refractivity contribution >= 4 is 28.3 Å². The maximum atomic E-state index is 10.6. The summed E-state index contributed by atoms with van der Waals surface area (Å²) >= 11 is -0.716. The highest BCUT2D eigenvalue weighted by Gasteiger charge is 2.06. The maximum Gasteiger partial charge on any atom is 0.258 e. The molecule has 1 amide bonds. The van der Waals surface area contributed by atoms with Crippen LogP contribution < -0.4 is 5.73 Å². The zero-order valence-corrected chi connectivity index (χ0v) is 7.65. The van der Waals surface area contributed by atoms with Crippen LogP contribution in [0.1, 0.15) is 14.5 Å². The smallest absolute Gasteiger partial charge is 0.258 e. The predicted octanol–water partition coefficient (Wildman–Crippen LogP) is 0.569. The largest absolute Gasteiger partial charge is 0.365 e. The van der Waals surface area contributed by atoms with E-state index in [1.807, 2.05) is 0 Å². The molecule has 1 aromatic heterocycles. The fourth-order valence-corrected chi connectivity index (χ4v) is 2.24. The molecule has 1 heterocycles. The summed E-state index contributed by atoms with van der Waals surface area (Å²) in [7, 11) is 0. The lowest BCUT2D eigenvalue weighted by Crippen LogP contribution is -2.08. The second-order valence-electron chi connectivity index (χ2n) is 2.10. The van der Waals surface area contributed by atoms with Gasteiger partial charge in [-0.05, 0) is 12.1 Å². The Kier molecular flexibility index (Phi) is 2.96. The van der Waals surface area contributed by atoms with Gasteiger partial charge in [0.25, 0.3) is 5.91 Å². The lowest BCUT2D eigenvalue weighted by Gasteiger charge is -1.88. The molecule has 0 bridgehead atoms. The van der Waals surface area contributed by atoms with Gasteiger partial charge in [-0.3, -0.25) is 4.79 Å². The number of carbonyl (C=O) groups is 1. The molecule has 0 aromatic carbocycles. The Hall–Kier alpha value is -0.720. The van der Waals surface area contributed by atoms with Crippen molar-refractivity contribution in [2.24, 2.45) is 5.73 Å². The van der Waals surface area contributed by atoms with E-state index in [9.17, 15) is 9.00 Å². The molecule has 6 heteroatoms. The Bertz CT molecular complexity index is 320. The van der Waals surface area contributed by atoms with Gasteiger partial charge in [0, 0.05) is 4.88 Å². The first kappa shape index (κ1) is 9.37. The normalized spacial score (nSPS) is 12.8. The first-order chi connectivity index (χ1) is 5.59. The second kappa shape index (κ2) is 3.79. The average Bonchev–Trinajstić information content (AvgIpc) is 2.34. The predicted molar refractivity (Wildman–Crippen MR) is 47.3 cm³/mol. The molecular formula is C6H7NO3S2. The third-order valence-corrected chi connectivity index (χ3v) is 3.01. The molecule has 66 valence electrons. The summed E-state index contributed by atoms with van der Waals surface area (Å²) in [5, 5.41) is 0. The average molecular weight is 205 g/mol. The third kappa shape index (κ3) is 2.40. The van der Waals surface area contributed by atoms with Crippen LogP contribution in [-0.4, -0.2) is 14.7 Å². The number of hydrogen-bond donors (Lipinski definition) is 2. The van der Waals surface area contributed by atoms with E-state index in [-0.39, 0.29) is 5.75 Å². The molecule has 1 aromatic rings. The lowest BCUT2D eigenvalue weighted by molar-refractivity contribution is 0.100. The van der Waals surface area contributed by atoms with E-state index in [0.717, 1.165) is 11.3 Å². The van der Waals surface area contributed by atoms with Crippen LogP contribution in [0.5, 0.6) is 0 Å². The first-order valence-corrected chi connectivity index (χ1v) is 5.15. The highest BCUT2D eigenvalue weighted by molar-refractivity contribution is 7.78. The van der Waals surface area contributed by atoms with Crippen molar-refractivity contribution in [3.63, 3.8) is 0 Å². The van der Waals surface area contributed by atoms with Gasteiger partial charge >= 0.3 is 0 Å². The number of carbonyl (C=O) groups excluding carboxylic acids is 1. The summed E-state index contributed by atoms with van der Waals surface area (Å²) in [6, 6.07) is 3.17. The number of hydrogen-bond acceptors (Lipinski definition) is 3. The van der Waals surface area contributed by atoms with E-state index < -0.39 is 17.0 Å². The van der Waals surface area contributed by atoms with Gasteiger partial charge < -0.3 is 10.3 Å². The minimum absolute atomic E-state index is 0.0535. The van der Waals surface area contributed by atoms with Crippen LogP contribution in [-0.2, 0) is 16.8 Å². The minimum atomic E-state index is -1.86. The Morgan fingerprint density at radius 3 is 2.75 bits per heavy atom. The van der Waals surface area contributed by atoms with E-state index in [2.05, 4.69) is 0 Å². The van der Waals surface area contributed by atoms with Crippen LogP contribution in [0, 0.1) is 0 Å². The molecular weight excluding hydrogens is 198 g/mol. The van der Waals surface area contributed by atoms with Gasteiger partial charge in [-0.1, -0.05) is 0 Å². The summed E-state index contributed by atoms with van der Waals surface area (Å²) in [6.07, 6.45) is 0. The fourth-order valence-electron chi connectivity index (χ4n) is 0.710. The number of nitrogens with two attached hydrogens (primary N) is 1. The fraction of sp³-hybridized carbons (Fsp3) is 0.167. The molecule has 1 rings (SSSR count). The van der Waals surface area contributed by atoms with Crippen LogP contribution in [0.2, 0.25) is 0 Å². The molecule has 0 radical (unpaired) electrons. The van der Waals surface area contributed by atoms with Crippen LogP contribution in [0.15, 0.2) is 12.1 Å². The summed E-state index contributed by atoms with van der Waals surface area (Å²) in [4.78, 5) is 11.7. The van der Waals surface area contributed by atoms with E-state index >= 15 is 0 Å². The molecule has 1 unspecified atom stereocenters. The third-order valence-electron chi connectivity index (χ3n) is 1.17. The number of amides is 1. The Labute approximate surface area is 75.7 Å². The number of rotatable bonds is 3. The van der Waals surface area contributed by atoms with E-state index in [0.29, 0.717) is 9.75 Å². The van der Waals surface area contributed by atoms with Crippen LogP contribution in [0.4, 0.5) is 0 Å². The van der Waals surface area contributed by atoms with Crippen molar-refractivity contribution in [1.82, 2.24) is 0 Å². The van der Waals surface area contributed by atoms with Gasteiger partial charge in [0.05, 0.1) is 10.6 Å². The van der Waals surface area contributed by atoms with Crippen LogP contribution in [0.25, 0.3) is 0 Å². The lowest BCUT2D eigenvalue weighted by atomic mass is 10.4. The first-order valence-electron chi connectivity index (χ1n) is 3.05. The molecule has 0 saturated carbocycles. The van der Waals surface area contributed by atoms with Crippen LogP contribution >= 0.6 is 11.3 Å². The zero-order chi connectivity index (χ0) is 9.14. The minimum Gasteiger partial charge on any atom is -0.365 e. The quantitative estimate of drug-likeness (QED) is 0.708. The van der Waals surface area contributed by atoms with Gasteiger partial charge in [-0.15, -0.1) is 11.3 Å². The van der Waals surface area contributed by atoms with E-state index in [4.69, 9.17) is 10.3 Å². The molecule has 0 aliphatic carbocycles. The Balaban J connectivity index is 2.77. The van der Waals surface area contributed by atoms with Crippen LogP contribution in [0.3, 0.4) is 0 Å². The summed E-state index contributed by atoms with van der Waals surface area (Å²) in [5.41, 5.74) is 4.99. The molecule has 0 aliphatic heterocycles. The zero-order valence-electron chi connectivity index (χ0n) is 6.02. The SMILES string of the molecule is NC(=O)c1ccc(CS(=O)O)s1. The van der Waals surface area contributed by atoms with Gasteiger partial charge in [0.1, 0.15) is 0 Å². The summed E-state index contributed by atoms with van der Waals surface area (Å²) in [6.45, 7) is 0. The van der Waals surface area contributed by atoms with Crippen molar-refractivity contribution in [2.45, 2.75) is 5.75 Å². The molecule has 4 nitrogen and oxygen atoms in total. The molecule has 0 spiro atoms.